The fraction of sp³-hybridized carbons (Fsp3) is 1.00. The van der Waals surface area contributed by atoms with Crippen LogP contribution >= 0.6 is 0 Å². The molecule has 0 radical (unpaired) electrons. The predicted octanol–water partition coefficient (Wildman–Crippen LogP) is 5.34. The minimum absolute atomic E-state index is 0.448. The molecule has 1 rings (SSSR count). The molecular formula is C10H6F14O2. The van der Waals surface area contributed by atoms with Crippen molar-refractivity contribution in [2.24, 2.45) is 5.41 Å². The summed E-state index contributed by atoms with van der Waals surface area (Å²) in [6, 6.07) is 0. The minimum atomic E-state index is -7.91. The fourth-order valence-electron chi connectivity index (χ4n) is 2.16. The Bertz CT molecular complexity index is 518. The fourth-order valence-corrected chi connectivity index (χ4v) is 2.16. The topological polar surface area (TPSA) is 18.5 Å². The van der Waals surface area contributed by atoms with Crippen LogP contribution in [0.1, 0.15) is 13.8 Å². The van der Waals surface area contributed by atoms with Gasteiger partial charge >= 0.3 is 35.9 Å². The van der Waals surface area contributed by atoms with Gasteiger partial charge in [-0.2, -0.15) is 48.3 Å². The van der Waals surface area contributed by atoms with Gasteiger partial charge in [0.1, 0.15) is 0 Å². The summed E-state index contributed by atoms with van der Waals surface area (Å²) < 4.78 is 189. The van der Waals surface area contributed by atoms with Crippen molar-refractivity contribution in [3.8, 4) is 0 Å². The standard InChI is InChI=1S/C10H6F14O2/c1-3(11,12)4(2)25-6(13,10(23,24)26-4)5(7(14,15)16,8(17,18)19)9(20,21)22/h1-2H3. The predicted molar refractivity (Wildman–Crippen MR) is 50.6 cm³/mol. The van der Waals surface area contributed by atoms with Crippen LogP contribution in [0, 0.1) is 5.41 Å². The molecule has 1 saturated heterocycles. The highest BCUT2D eigenvalue weighted by molar-refractivity contribution is 5.15. The molecule has 2 atom stereocenters. The molecule has 0 amide bonds. The Labute approximate surface area is 134 Å². The Hall–Kier alpha value is -1.06. The van der Waals surface area contributed by atoms with Crippen LogP contribution in [-0.4, -0.2) is 42.2 Å². The van der Waals surface area contributed by atoms with Gasteiger partial charge in [-0.3, -0.25) is 9.47 Å². The first kappa shape index (κ1) is 23.0. The van der Waals surface area contributed by atoms with Crippen LogP contribution in [0.15, 0.2) is 0 Å². The highest BCUT2D eigenvalue weighted by atomic mass is 19.4. The van der Waals surface area contributed by atoms with Crippen molar-refractivity contribution in [2.45, 2.75) is 56.0 Å². The van der Waals surface area contributed by atoms with E-state index in [9.17, 15) is 61.5 Å². The highest BCUT2D eigenvalue weighted by Crippen LogP contribution is 2.72. The van der Waals surface area contributed by atoms with Crippen LogP contribution < -0.4 is 0 Å². The molecule has 26 heavy (non-hydrogen) atoms. The lowest BCUT2D eigenvalue weighted by atomic mass is 9.76. The lowest BCUT2D eigenvalue weighted by molar-refractivity contribution is -0.513. The zero-order valence-corrected chi connectivity index (χ0v) is 12.1. The second kappa shape index (κ2) is 5.26. The van der Waals surface area contributed by atoms with E-state index in [1.54, 1.807) is 0 Å². The zero-order chi connectivity index (χ0) is 21.4. The molecule has 0 aromatic rings. The molecule has 1 aliphatic heterocycles. The molecule has 0 aromatic carbocycles. The first-order valence-electron chi connectivity index (χ1n) is 5.96. The summed E-state index contributed by atoms with van der Waals surface area (Å²) >= 11 is 0. The van der Waals surface area contributed by atoms with Gasteiger partial charge in [0.2, 0.25) is 5.79 Å². The molecule has 1 fully saturated rings. The lowest BCUT2D eigenvalue weighted by Crippen LogP contribution is -2.74. The van der Waals surface area contributed by atoms with E-state index >= 15 is 0 Å². The first-order chi connectivity index (χ1) is 10.9. The van der Waals surface area contributed by atoms with Gasteiger partial charge in [-0.1, -0.05) is 0 Å². The van der Waals surface area contributed by atoms with Crippen molar-refractivity contribution in [1.29, 1.82) is 0 Å². The van der Waals surface area contributed by atoms with Crippen LogP contribution in [0.5, 0.6) is 0 Å². The van der Waals surface area contributed by atoms with Crippen LogP contribution in [0.4, 0.5) is 61.5 Å². The van der Waals surface area contributed by atoms with Gasteiger partial charge in [0.05, 0.1) is 0 Å². The highest BCUT2D eigenvalue weighted by Gasteiger charge is 3.00. The number of hydrogen-bond acceptors (Lipinski definition) is 2. The summed E-state index contributed by atoms with van der Waals surface area (Å²) in [5, 5.41) is 0. The monoisotopic (exact) mass is 424 g/mol. The van der Waals surface area contributed by atoms with Crippen molar-refractivity contribution in [3.05, 3.63) is 0 Å². The average molecular weight is 424 g/mol. The quantitative estimate of drug-likeness (QED) is 0.558. The van der Waals surface area contributed by atoms with E-state index in [0.29, 0.717) is 0 Å². The summed E-state index contributed by atoms with van der Waals surface area (Å²) in [7, 11) is 0. The summed E-state index contributed by atoms with van der Waals surface area (Å²) in [5.74, 6) is -16.7. The van der Waals surface area contributed by atoms with Gasteiger partial charge in [-0.25, -0.2) is 13.2 Å². The van der Waals surface area contributed by atoms with Crippen molar-refractivity contribution in [3.63, 3.8) is 0 Å². The van der Waals surface area contributed by atoms with Crippen molar-refractivity contribution < 1.29 is 70.9 Å². The SMILES string of the molecule is CC(F)(F)C1(C)OC(F)(F)C(F)(C(C(F)(F)F)(C(F)(F)F)C(F)(F)F)O1. The van der Waals surface area contributed by atoms with E-state index in [0.717, 1.165) is 0 Å². The first-order valence-corrected chi connectivity index (χ1v) is 5.96. The molecular weight excluding hydrogens is 418 g/mol. The van der Waals surface area contributed by atoms with E-state index in [-0.39, 0.29) is 0 Å². The van der Waals surface area contributed by atoms with E-state index in [2.05, 4.69) is 9.47 Å². The van der Waals surface area contributed by atoms with E-state index in [1.807, 2.05) is 0 Å². The number of hydrogen-bond donors (Lipinski definition) is 0. The average Bonchev–Trinajstić information content (AvgIpc) is 2.37. The second-order valence-electron chi connectivity index (χ2n) is 5.39. The van der Waals surface area contributed by atoms with Gasteiger partial charge in [-0.15, -0.1) is 0 Å². The van der Waals surface area contributed by atoms with Crippen LogP contribution in [0.25, 0.3) is 0 Å². The van der Waals surface area contributed by atoms with Crippen molar-refractivity contribution in [1.82, 2.24) is 0 Å². The summed E-state index contributed by atoms with van der Waals surface area (Å²) in [6.45, 7) is -0.915. The number of halogens is 14. The lowest BCUT2D eigenvalue weighted by Gasteiger charge is -2.45. The third-order valence-electron chi connectivity index (χ3n) is 3.59. The molecule has 156 valence electrons. The second-order valence-corrected chi connectivity index (χ2v) is 5.39. The molecule has 0 N–H and O–H groups in total. The third kappa shape index (κ3) is 2.62. The molecule has 1 aliphatic rings. The van der Waals surface area contributed by atoms with Gasteiger partial charge in [0.25, 0.3) is 5.92 Å². The van der Waals surface area contributed by atoms with Crippen molar-refractivity contribution >= 4 is 0 Å². The van der Waals surface area contributed by atoms with Crippen LogP contribution in [0.2, 0.25) is 0 Å². The maximum atomic E-state index is 14.3. The smallest absolute Gasteiger partial charge is 0.299 e. The Morgan fingerprint density at radius 1 is 0.615 bits per heavy atom. The number of alkyl halides is 14. The summed E-state index contributed by atoms with van der Waals surface area (Å²) in [5.41, 5.74) is -7.91. The summed E-state index contributed by atoms with van der Waals surface area (Å²) in [6.07, 6.45) is -30.3. The zero-order valence-electron chi connectivity index (χ0n) is 12.1. The number of ether oxygens (including phenoxy) is 2. The molecule has 0 saturated carbocycles. The Morgan fingerprint density at radius 3 is 1.12 bits per heavy atom. The van der Waals surface area contributed by atoms with E-state index in [4.69, 9.17) is 0 Å². The normalized spacial score (nSPS) is 31.4. The molecule has 16 heteroatoms. The van der Waals surface area contributed by atoms with Gasteiger partial charge in [-0.05, 0) is 6.92 Å². The molecule has 0 aromatic heterocycles. The Balaban J connectivity index is 3.99. The Kier molecular flexibility index (Phi) is 4.65. The third-order valence-corrected chi connectivity index (χ3v) is 3.59. The molecule has 1 heterocycles. The van der Waals surface area contributed by atoms with E-state index < -0.39 is 61.5 Å². The molecule has 2 unspecified atom stereocenters. The summed E-state index contributed by atoms with van der Waals surface area (Å²) in [4.78, 5) is 0. The minimum Gasteiger partial charge on any atom is -0.299 e. The van der Waals surface area contributed by atoms with Gasteiger partial charge in [0.15, 0.2) is 0 Å². The largest absolute Gasteiger partial charge is 0.419 e. The molecule has 0 aliphatic carbocycles. The van der Waals surface area contributed by atoms with Crippen LogP contribution in [0.3, 0.4) is 0 Å². The van der Waals surface area contributed by atoms with Gasteiger partial charge in [0, 0.05) is 6.92 Å². The Morgan fingerprint density at radius 2 is 0.923 bits per heavy atom. The van der Waals surface area contributed by atoms with Crippen molar-refractivity contribution in [2.75, 3.05) is 0 Å². The molecule has 0 bridgehead atoms. The van der Waals surface area contributed by atoms with E-state index in [1.165, 1.54) is 0 Å². The van der Waals surface area contributed by atoms with Gasteiger partial charge < -0.3 is 0 Å². The number of rotatable bonds is 2. The molecule has 2 nitrogen and oxygen atoms in total. The maximum Gasteiger partial charge on any atom is 0.419 e. The maximum absolute atomic E-state index is 14.3. The van der Waals surface area contributed by atoms with Crippen LogP contribution in [-0.2, 0) is 9.47 Å². The molecule has 0 spiro atoms.